The smallest absolute Gasteiger partial charge is 0.191 e. The van der Waals surface area contributed by atoms with Crippen LogP contribution < -0.4 is 10.6 Å². The lowest BCUT2D eigenvalue weighted by molar-refractivity contribution is 0.241. The fraction of sp³-hybridized carbons (Fsp3) is 0.533. The SMILES string of the molecule is CCNC(=NCC(C)CO)NC(C)c1ccc(F)c(F)c1. The molecular weight excluding hydrogens is 276 g/mol. The Morgan fingerprint density at radius 3 is 2.57 bits per heavy atom. The number of aliphatic imine (C=N–C) groups is 1. The highest BCUT2D eigenvalue weighted by molar-refractivity contribution is 5.80. The number of benzene rings is 1. The number of aliphatic hydroxyl groups excluding tert-OH is 1. The minimum Gasteiger partial charge on any atom is -0.396 e. The molecule has 0 fully saturated rings. The van der Waals surface area contributed by atoms with E-state index >= 15 is 0 Å². The van der Waals surface area contributed by atoms with Crippen molar-refractivity contribution < 1.29 is 13.9 Å². The van der Waals surface area contributed by atoms with Crippen molar-refractivity contribution in [2.24, 2.45) is 10.9 Å². The first-order valence-corrected chi connectivity index (χ1v) is 7.08. The average Bonchev–Trinajstić information content (AvgIpc) is 2.47. The van der Waals surface area contributed by atoms with E-state index < -0.39 is 11.6 Å². The van der Waals surface area contributed by atoms with Crippen LogP contribution in [0.2, 0.25) is 0 Å². The Morgan fingerprint density at radius 2 is 2.00 bits per heavy atom. The largest absolute Gasteiger partial charge is 0.396 e. The van der Waals surface area contributed by atoms with Crippen LogP contribution in [0.4, 0.5) is 8.78 Å². The van der Waals surface area contributed by atoms with Crippen LogP contribution >= 0.6 is 0 Å². The van der Waals surface area contributed by atoms with Crippen LogP contribution in [0.1, 0.15) is 32.4 Å². The molecule has 21 heavy (non-hydrogen) atoms. The molecule has 0 radical (unpaired) electrons. The number of halogens is 2. The summed E-state index contributed by atoms with van der Waals surface area (Å²) in [6.45, 7) is 6.91. The molecule has 1 aromatic rings. The number of nitrogens with one attached hydrogen (secondary N) is 2. The third-order valence-corrected chi connectivity index (χ3v) is 3.01. The summed E-state index contributed by atoms with van der Waals surface area (Å²) in [6.07, 6.45) is 0. The fourth-order valence-corrected chi connectivity index (χ4v) is 1.70. The highest BCUT2D eigenvalue weighted by atomic mass is 19.2. The third-order valence-electron chi connectivity index (χ3n) is 3.01. The summed E-state index contributed by atoms with van der Waals surface area (Å²) in [5.41, 5.74) is 0.634. The van der Waals surface area contributed by atoms with Crippen molar-refractivity contribution in [1.29, 1.82) is 0 Å². The summed E-state index contributed by atoms with van der Waals surface area (Å²) < 4.78 is 26.2. The lowest BCUT2D eigenvalue weighted by atomic mass is 10.1. The quantitative estimate of drug-likeness (QED) is 0.557. The van der Waals surface area contributed by atoms with Gasteiger partial charge in [-0.3, -0.25) is 4.99 Å². The van der Waals surface area contributed by atoms with Gasteiger partial charge in [-0.1, -0.05) is 13.0 Å². The number of guanidine groups is 1. The molecule has 6 heteroatoms. The summed E-state index contributed by atoms with van der Waals surface area (Å²) >= 11 is 0. The van der Waals surface area contributed by atoms with E-state index in [9.17, 15) is 8.78 Å². The van der Waals surface area contributed by atoms with Crippen molar-refractivity contribution in [3.05, 3.63) is 35.4 Å². The van der Waals surface area contributed by atoms with Crippen LogP contribution in [0.5, 0.6) is 0 Å². The first-order valence-electron chi connectivity index (χ1n) is 7.08. The van der Waals surface area contributed by atoms with Gasteiger partial charge in [0, 0.05) is 19.7 Å². The Hall–Kier alpha value is -1.69. The van der Waals surface area contributed by atoms with Gasteiger partial charge >= 0.3 is 0 Å². The van der Waals surface area contributed by atoms with E-state index in [0.717, 1.165) is 6.07 Å². The summed E-state index contributed by atoms with van der Waals surface area (Å²) in [5, 5.41) is 15.2. The predicted octanol–water partition coefficient (Wildman–Crippen LogP) is 2.21. The first kappa shape index (κ1) is 17.4. The van der Waals surface area contributed by atoms with Crippen molar-refractivity contribution in [1.82, 2.24) is 10.6 Å². The third kappa shape index (κ3) is 5.67. The monoisotopic (exact) mass is 299 g/mol. The number of hydrogen-bond acceptors (Lipinski definition) is 2. The highest BCUT2D eigenvalue weighted by Crippen LogP contribution is 2.15. The van der Waals surface area contributed by atoms with Crippen molar-refractivity contribution in [2.45, 2.75) is 26.8 Å². The lowest BCUT2D eigenvalue weighted by Crippen LogP contribution is -2.39. The van der Waals surface area contributed by atoms with Crippen LogP contribution in [0.25, 0.3) is 0 Å². The van der Waals surface area contributed by atoms with Gasteiger partial charge in [0.15, 0.2) is 17.6 Å². The van der Waals surface area contributed by atoms with Gasteiger partial charge in [0.05, 0.1) is 6.04 Å². The molecule has 0 aliphatic rings. The van der Waals surface area contributed by atoms with Gasteiger partial charge in [0.25, 0.3) is 0 Å². The van der Waals surface area contributed by atoms with Gasteiger partial charge in [-0.05, 0) is 37.5 Å². The maximum absolute atomic E-state index is 13.2. The summed E-state index contributed by atoms with van der Waals surface area (Å²) in [4.78, 5) is 4.36. The molecule has 0 spiro atoms. The minimum absolute atomic E-state index is 0.0685. The van der Waals surface area contributed by atoms with Crippen LogP contribution in [0.15, 0.2) is 23.2 Å². The Labute approximate surface area is 124 Å². The van der Waals surface area contributed by atoms with E-state index in [1.807, 2.05) is 20.8 Å². The Kier molecular flexibility index (Phi) is 7.08. The summed E-state index contributed by atoms with van der Waals surface area (Å²) in [6, 6.07) is 3.60. The molecule has 1 rings (SSSR count). The van der Waals surface area contributed by atoms with E-state index in [2.05, 4.69) is 15.6 Å². The Morgan fingerprint density at radius 1 is 1.29 bits per heavy atom. The van der Waals surface area contributed by atoms with Gasteiger partial charge in [-0.15, -0.1) is 0 Å². The second-order valence-corrected chi connectivity index (χ2v) is 5.05. The zero-order valence-electron chi connectivity index (χ0n) is 12.7. The molecule has 0 bridgehead atoms. The topological polar surface area (TPSA) is 56.7 Å². The van der Waals surface area contributed by atoms with Crippen molar-refractivity contribution >= 4 is 5.96 Å². The molecule has 4 nitrogen and oxygen atoms in total. The molecule has 0 aliphatic heterocycles. The van der Waals surface area contributed by atoms with E-state index in [1.165, 1.54) is 12.1 Å². The lowest BCUT2D eigenvalue weighted by Gasteiger charge is -2.19. The highest BCUT2D eigenvalue weighted by Gasteiger charge is 2.11. The molecule has 0 amide bonds. The molecular formula is C15H23F2N3O. The molecule has 2 atom stereocenters. The van der Waals surface area contributed by atoms with Crippen molar-refractivity contribution in [3.8, 4) is 0 Å². The average molecular weight is 299 g/mol. The zero-order chi connectivity index (χ0) is 15.8. The van der Waals surface area contributed by atoms with Gasteiger partial charge < -0.3 is 15.7 Å². The first-order chi connectivity index (χ1) is 9.97. The molecule has 0 heterocycles. The maximum Gasteiger partial charge on any atom is 0.191 e. The standard InChI is InChI=1S/C15H23F2N3O/c1-4-18-15(19-8-10(2)9-21)20-11(3)12-5-6-13(16)14(17)7-12/h5-7,10-11,21H,4,8-9H2,1-3H3,(H2,18,19,20). The Bertz CT molecular complexity index is 480. The molecule has 118 valence electrons. The van der Waals surface area contributed by atoms with Gasteiger partial charge in [-0.2, -0.15) is 0 Å². The minimum atomic E-state index is -0.864. The number of rotatable bonds is 6. The molecule has 0 saturated heterocycles. The fourth-order valence-electron chi connectivity index (χ4n) is 1.70. The van der Waals surface area contributed by atoms with Crippen LogP contribution in [-0.4, -0.2) is 30.8 Å². The second-order valence-electron chi connectivity index (χ2n) is 5.05. The van der Waals surface area contributed by atoms with E-state index in [4.69, 9.17) is 5.11 Å². The summed E-state index contributed by atoms with van der Waals surface area (Å²) in [7, 11) is 0. The summed E-state index contributed by atoms with van der Waals surface area (Å²) in [5.74, 6) is -1.07. The predicted molar refractivity (Wildman–Crippen MR) is 80.1 cm³/mol. The van der Waals surface area contributed by atoms with Crippen molar-refractivity contribution in [2.75, 3.05) is 19.7 Å². The van der Waals surface area contributed by atoms with Gasteiger partial charge in [-0.25, -0.2) is 8.78 Å². The molecule has 0 aliphatic carbocycles. The number of hydrogen-bond donors (Lipinski definition) is 3. The molecule has 3 N–H and O–H groups in total. The zero-order valence-corrected chi connectivity index (χ0v) is 12.7. The molecule has 0 saturated carbocycles. The van der Waals surface area contributed by atoms with Crippen LogP contribution in [-0.2, 0) is 0 Å². The molecule has 1 aromatic carbocycles. The van der Waals surface area contributed by atoms with Gasteiger partial charge in [0.1, 0.15) is 0 Å². The number of nitrogens with zero attached hydrogens (tertiary/aromatic N) is 1. The Balaban J connectivity index is 2.75. The van der Waals surface area contributed by atoms with E-state index in [1.54, 1.807) is 0 Å². The van der Waals surface area contributed by atoms with E-state index in [0.29, 0.717) is 24.6 Å². The molecule has 2 unspecified atom stereocenters. The van der Waals surface area contributed by atoms with E-state index in [-0.39, 0.29) is 18.6 Å². The van der Waals surface area contributed by atoms with Crippen molar-refractivity contribution in [3.63, 3.8) is 0 Å². The van der Waals surface area contributed by atoms with Gasteiger partial charge in [0.2, 0.25) is 0 Å². The van der Waals surface area contributed by atoms with Crippen LogP contribution in [0, 0.1) is 17.6 Å². The maximum atomic E-state index is 13.2. The molecule has 0 aromatic heterocycles. The second kappa shape index (κ2) is 8.56. The number of aliphatic hydroxyl groups is 1. The normalized spacial score (nSPS) is 14.7. The van der Waals surface area contributed by atoms with Crippen LogP contribution in [0.3, 0.4) is 0 Å².